The first-order chi connectivity index (χ1) is 11.7. The van der Waals surface area contributed by atoms with Gasteiger partial charge < -0.3 is 5.32 Å². The predicted octanol–water partition coefficient (Wildman–Crippen LogP) is 3.28. The van der Waals surface area contributed by atoms with Crippen LogP contribution in [0.25, 0.3) is 11.3 Å². The van der Waals surface area contributed by atoms with E-state index < -0.39 is 0 Å². The number of nitrogens with one attached hydrogen (secondary N) is 2. The van der Waals surface area contributed by atoms with Gasteiger partial charge >= 0.3 is 0 Å². The summed E-state index contributed by atoms with van der Waals surface area (Å²) in [5.74, 6) is -0.0575. The summed E-state index contributed by atoms with van der Waals surface area (Å²) in [4.78, 5) is 12.9. The van der Waals surface area contributed by atoms with Crippen LogP contribution in [-0.4, -0.2) is 22.1 Å². The summed E-state index contributed by atoms with van der Waals surface area (Å²) >= 11 is 0. The lowest BCUT2D eigenvalue weighted by Gasteiger charge is -2.12. The molecule has 0 saturated carbocycles. The minimum Gasteiger partial charge on any atom is -0.349 e. The Morgan fingerprint density at radius 2 is 1.67 bits per heavy atom. The molecule has 0 spiro atoms. The van der Waals surface area contributed by atoms with E-state index in [1.807, 2.05) is 37.3 Å². The van der Waals surface area contributed by atoms with Crippen molar-refractivity contribution in [2.75, 3.05) is 0 Å². The first-order valence-corrected chi connectivity index (χ1v) is 8.20. The maximum absolute atomic E-state index is 12.9. The number of fused-ring (bicyclic) bond motifs is 1. The van der Waals surface area contributed by atoms with Gasteiger partial charge in [-0.15, -0.1) is 0 Å². The smallest absolute Gasteiger partial charge is 0.255 e. The van der Waals surface area contributed by atoms with Crippen LogP contribution in [0.2, 0.25) is 0 Å². The molecule has 0 fully saturated rings. The highest BCUT2D eigenvalue weighted by Gasteiger charge is 2.26. The van der Waals surface area contributed by atoms with Gasteiger partial charge in [-0.05, 0) is 30.9 Å². The summed E-state index contributed by atoms with van der Waals surface area (Å²) in [6.07, 6.45) is 1.78. The van der Waals surface area contributed by atoms with Gasteiger partial charge in [0.1, 0.15) is 5.69 Å². The number of rotatable bonds is 3. The molecule has 120 valence electrons. The standard InChI is InChI=1S/C20H19N3O/c1-13-18(19(23-22-13)14-7-3-2-4-8-14)20(24)21-17-11-15-9-5-6-10-16(15)12-17/h2-10,17H,11-12H2,1H3,(H,21,24)(H,22,23). The van der Waals surface area contributed by atoms with Crippen molar-refractivity contribution in [3.8, 4) is 11.3 Å². The molecule has 1 heterocycles. The number of aryl methyl sites for hydroxylation is 1. The molecule has 0 radical (unpaired) electrons. The average Bonchev–Trinajstić information content (AvgIpc) is 3.18. The van der Waals surface area contributed by atoms with Crippen molar-refractivity contribution in [2.24, 2.45) is 0 Å². The highest BCUT2D eigenvalue weighted by Crippen LogP contribution is 2.25. The maximum atomic E-state index is 12.9. The minimum atomic E-state index is -0.0575. The van der Waals surface area contributed by atoms with Gasteiger partial charge in [0.05, 0.1) is 5.56 Å². The fraction of sp³-hybridized carbons (Fsp3) is 0.200. The van der Waals surface area contributed by atoms with Gasteiger partial charge in [-0.3, -0.25) is 9.89 Å². The highest BCUT2D eigenvalue weighted by molar-refractivity contribution is 6.01. The van der Waals surface area contributed by atoms with E-state index in [0.717, 1.165) is 24.1 Å². The molecule has 4 heteroatoms. The summed E-state index contributed by atoms with van der Waals surface area (Å²) in [6, 6.07) is 18.3. The maximum Gasteiger partial charge on any atom is 0.255 e. The number of H-pyrrole nitrogens is 1. The molecular weight excluding hydrogens is 298 g/mol. The van der Waals surface area contributed by atoms with Crippen LogP contribution in [-0.2, 0) is 12.8 Å². The van der Waals surface area contributed by atoms with Crippen LogP contribution in [0.3, 0.4) is 0 Å². The summed E-state index contributed by atoms with van der Waals surface area (Å²) in [5.41, 5.74) is 5.74. The Morgan fingerprint density at radius 1 is 1.04 bits per heavy atom. The SMILES string of the molecule is Cc1[nH]nc(-c2ccccc2)c1C(=O)NC1Cc2ccccc2C1. The Labute approximate surface area is 140 Å². The van der Waals surface area contributed by atoms with Crippen LogP contribution in [0.4, 0.5) is 0 Å². The largest absolute Gasteiger partial charge is 0.349 e. The molecule has 2 aromatic carbocycles. The van der Waals surface area contributed by atoms with Crippen LogP contribution in [0.15, 0.2) is 54.6 Å². The third-order valence-corrected chi connectivity index (χ3v) is 4.61. The number of benzene rings is 2. The number of aromatic amines is 1. The molecule has 0 aliphatic heterocycles. The fourth-order valence-corrected chi connectivity index (χ4v) is 3.43. The van der Waals surface area contributed by atoms with Gasteiger partial charge in [0.2, 0.25) is 0 Å². The van der Waals surface area contributed by atoms with Crippen molar-refractivity contribution in [2.45, 2.75) is 25.8 Å². The molecule has 24 heavy (non-hydrogen) atoms. The van der Waals surface area contributed by atoms with Gasteiger partial charge in [0, 0.05) is 17.3 Å². The Morgan fingerprint density at radius 3 is 2.33 bits per heavy atom. The van der Waals surface area contributed by atoms with Crippen LogP contribution in [0, 0.1) is 6.92 Å². The lowest BCUT2D eigenvalue weighted by molar-refractivity contribution is 0.0938. The predicted molar refractivity (Wildman–Crippen MR) is 93.9 cm³/mol. The van der Waals surface area contributed by atoms with E-state index in [2.05, 4.69) is 39.8 Å². The van der Waals surface area contributed by atoms with Crippen molar-refractivity contribution in [3.63, 3.8) is 0 Å². The number of hydrogen-bond donors (Lipinski definition) is 2. The first-order valence-electron chi connectivity index (χ1n) is 8.20. The number of hydrogen-bond acceptors (Lipinski definition) is 2. The van der Waals surface area contributed by atoms with Crippen molar-refractivity contribution in [1.82, 2.24) is 15.5 Å². The zero-order valence-corrected chi connectivity index (χ0v) is 13.5. The molecule has 0 unspecified atom stereocenters. The fourth-order valence-electron chi connectivity index (χ4n) is 3.43. The van der Waals surface area contributed by atoms with Gasteiger partial charge in [0.15, 0.2) is 0 Å². The van der Waals surface area contributed by atoms with E-state index >= 15 is 0 Å². The average molecular weight is 317 g/mol. The number of aromatic nitrogens is 2. The Hall–Kier alpha value is -2.88. The van der Waals surface area contributed by atoms with Crippen LogP contribution >= 0.6 is 0 Å². The highest BCUT2D eigenvalue weighted by atomic mass is 16.1. The van der Waals surface area contributed by atoms with Crippen LogP contribution in [0.1, 0.15) is 27.2 Å². The van der Waals surface area contributed by atoms with Gasteiger partial charge in [-0.1, -0.05) is 54.6 Å². The molecule has 0 atom stereocenters. The van der Waals surface area contributed by atoms with E-state index in [4.69, 9.17) is 0 Å². The number of carbonyl (C=O) groups excluding carboxylic acids is 1. The molecule has 0 bridgehead atoms. The zero-order chi connectivity index (χ0) is 16.5. The third kappa shape index (κ3) is 2.60. The Kier molecular flexibility index (Phi) is 3.65. The summed E-state index contributed by atoms with van der Waals surface area (Å²) in [7, 11) is 0. The topological polar surface area (TPSA) is 57.8 Å². The summed E-state index contributed by atoms with van der Waals surface area (Å²) in [5, 5.41) is 10.5. The van der Waals surface area contributed by atoms with Crippen molar-refractivity contribution in [3.05, 3.63) is 77.0 Å². The molecule has 4 rings (SSSR count). The van der Waals surface area contributed by atoms with Crippen molar-refractivity contribution in [1.29, 1.82) is 0 Å². The number of amides is 1. The quantitative estimate of drug-likeness (QED) is 0.779. The van der Waals surface area contributed by atoms with Crippen LogP contribution in [0.5, 0.6) is 0 Å². The zero-order valence-electron chi connectivity index (χ0n) is 13.5. The monoisotopic (exact) mass is 317 g/mol. The molecule has 1 amide bonds. The number of carbonyl (C=O) groups is 1. The van der Waals surface area contributed by atoms with E-state index in [1.165, 1.54) is 11.1 Å². The molecule has 0 saturated heterocycles. The molecule has 3 aromatic rings. The summed E-state index contributed by atoms with van der Waals surface area (Å²) < 4.78 is 0. The molecule has 1 aliphatic rings. The van der Waals surface area contributed by atoms with Crippen molar-refractivity contribution < 1.29 is 4.79 Å². The second-order valence-corrected chi connectivity index (χ2v) is 6.29. The van der Waals surface area contributed by atoms with Gasteiger partial charge in [0.25, 0.3) is 5.91 Å². The van der Waals surface area contributed by atoms with E-state index in [1.54, 1.807) is 0 Å². The van der Waals surface area contributed by atoms with Crippen molar-refractivity contribution >= 4 is 5.91 Å². The second kappa shape index (κ2) is 5.96. The lowest BCUT2D eigenvalue weighted by Crippen LogP contribution is -2.35. The molecule has 2 N–H and O–H groups in total. The van der Waals surface area contributed by atoms with Crippen LogP contribution < -0.4 is 5.32 Å². The van der Waals surface area contributed by atoms with E-state index in [9.17, 15) is 4.79 Å². The van der Waals surface area contributed by atoms with E-state index in [0.29, 0.717) is 11.3 Å². The molecule has 1 aromatic heterocycles. The van der Waals surface area contributed by atoms with Gasteiger partial charge in [-0.2, -0.15) is 5.10 Å². The molecule has 1 aliphatic carbocycles. The lowest BCUT2D eigenvalue weighted by atomic mass is 10.0. The first kappa shape index (κ1) is 14.7. The second-order valence-electron chi connectivity index (χ2n) is 6.29. The van der Waals surface area contributed by atoms with E-state index in [-0.39, 0.29) is 11.9 Å². The summed E-state index contributed by atoms with van der Waals surface area (Å²) in [6.45, 7) is 1.89. The normalized spacial score (nSPS) is 13.7. The Bertz CT molecular complexity index is 858. The minimum absolute atomic E-state index is 0.0575. The number of nitrogens with zero attached hydrogens (tertiary/aromatic N) is 1. The molecule has 4 nitrogen and oxygen atoms in total. The third-order valence-electron chi connectivity index (χ3n) is 4.61. The Balaban J connectivity index is 1.57. The molecular formula is C20H19N3O. The van der Waals surface area contributed by atoms with Gasteiger partial charge in [-0.25, -0.2) is 0 Å².